The third kappa shape index (κ3) is 5.74. The molecule has 5 heteroatoms. The number of amides is 1. The standard InChI is InChI=1S/C25H25NO3S/c1-17-8-10-19(11-9-17)23(28)16-25(20-12-14-21(29-3)15-13-20)30-24-7-5-4-6-22(24)26-18(2)27/h4-15,25H,16H2,1-3H3,(H,26,27). The zero-order valence-electron chi connectivity index (χ0n) is 17.3. The highest BCUT2D eigenvalue weighted by molar-refractivity contribution is 7.99. The van der Waals surface area contributed by atoms with Gasteiger partial charge >= 0.3 is 0 Å². The number of benzene rings is 3. The summed E-state index contributed by atoms with van der Waals surface area (Å²) in [6, 6.07) is 23.1. The van der Waals surface area contributed by atoms with E-state index in [2.05, 4.69) is 5.32 Å². The molecule has 0 saturated heterocycles. The van der Waals surface area contributed by atoms with Crippen LogP contribution in [0.25, 0.3) is 0 Å². The maximum Gasteiger partial charge on any atom is 0.221 e. The molecule has 3 aromatic carbocycles. The van der Waals surface area contributed by atoms with Gasteiger partial charge in [-0.1, -0.05) is 54.1 Å². The van der Waals surface area contributed by atoms with E-state index in [1.54, 1.807) is 18.9 Å². The Morgan fingerprint density at radius 3 is 2.27 bits per heavy atom. The molecule has 0 aromatic heterocycles. The third-order valence-electron chi connectivity index (χ3n) is 4.70. The van der Waals surface area contributed by atoms with Gasteiger partial charge in [-0.2, -0.15) is 0 Å². The van der Waals surface area contributed by atoms with Crippen LogP contribution in [0.1, 0.15) is 40.1 Å². The number of hydrogen-bond donors (Lipinski definition) is 1. The van der Waals surface area contributed by atoms with Gasteiger partial charge in [0.15, 0.2) is 5.78 Å². The number of nitrogens with one attached hydrogen (secondary N) is 1. The Morgan fingerprint density at radius 1 is 0.967 bits per heavy atom. The van der Waals surface area contributed by atoms with Gasteiger partial charge in [0.1, 0.15) is 5.75 Å². The lowest BCUT2D eigenvalue weighted by molar-refractivity contribution is -0.114. The van der Waals surface area contributed by atoms with Crippen LogP contribution in [0.4, 0.5) is 5.69 Å². The number of thioether (sulfide) groups is 1. The van der Waals surface area contributed by atoms with Gasteiger partial charge in [0.25, 0.3) is 0 Å². The van der Waals surface area contributed by atoms with Crippen molar-refractivity contribution in [2.75, 3.05) is 12.4 Å². The minimum Gasteiger partial charge on any atom is -0.497 e. The van der Waals surface area contributed by atoms with Gasteiger partial charge in [-0.05, 0) is 36.8 Å². The average Bonchev–Trinajstić information content (AvgIpc) is 2.74. The predicted octanol–water partition coefficient (Wildman–Crippen LogP) is 6.07. The minimum absolute atomic E-state index is 0.0836. The van der Waals surface area contributed by atoms with Crippen molar-refractivity contribution in [2.45, 2.75) is 30.4 Å². The van der Waals surface area contributed by atoms with E-state index in [1.807, 2.05) is 79.7 Å². The van der Waals surface area contributed by atoms with E-state index in [1.165, 1.54) is 6.92 Å². The molecule has 30 heavy (non-hydrogen) atoms. The number of hydrogen-bond acceptors (Lipinski definition) is 4. The number of ketones is 1. The number of para-hydroxylation sites is 1. The van der Waals surface area contributed by atoms with Crippen LogP contribution in [0.3, 0.4) is 0 Å². The molecular formula is C25H25NO3S. The van der Waals surface area contributed by atoms with Gasteiger partial charge in [0.2, 0.25) is 5.91 Å². The third-order valence-corrected chi connectivity index (χ3v) is 6.03. The second-order valence-electron chi connectivity index (χ2n) is 7.05. The summed E-state index contributed by atoms with van der Waals surface area (Å²) in [5.74, 6) is 0.728. The summed E-state index contributed by atoms with van der Waals surface area (Å²) in [5, 5.41) is 2.76. The summed E-state index contributed by atoms with van der Waals surface area (Å²) in [7, 11) is 1.63. The second kappa shape index (κ2) is 10.1. The van der Waals surface area contributed by atoms with E-state index in [9.17, 15) is 9.59 Å². The van der Waals surface area contributed by atoms with Crippen molar-refractivity contribution < 1.29 is 14.3 Å². The molecule has 1 N–H and O–H groups in total. The summed E-state index contributed by atoms with van der Waals surface area (Å²) in [4.78, 5) is 25.5. The van der Waals surface area contributed by atoms with E-state index in [0.717, 1.165) is 27.5 Å². The molecule has 0 spiro atoms. The first kappa shape index (κ1) is 21.7. The summed E-state index contributed by atoms with van der Waals surface area (Å²) in [5.41, 5.74) is 3.60. The largest absolute Gasteiger partial charge is 0.497 e. The Hall–Kier alpha value is -3.05. The van der Waals surface area contributed by atoms with Crippen molar-refractivity contribution in [1.82, 2.24) is 0 Å². The number of ether oxygens (including phenoxy) is 1. The zero-order chi connectivity index (χ0) is 21.5. The molecule has 0 heterocycles. The lowest BCUT2D eigenvalue weighted by atomic mass is 10.0. The van der Waals surface area contributed by atoms with Crippen molar-refractivity contribution in [3.05, 3.63) is 89.5 Å². The number of carbonyl (C=O) groups is 2. The van der Waals surface area contributed by atoms with Gasteiger partial charge < -0.3 is 10.1 Å². The lowest BCUT2D eigenvalue weighted by Crippen LogP contribution is -2.08. The molecule has 1 amide bonds. The SMILES string of the molecule is COc1ccc(C(CC(=O)c2ccc(C)cc2)Sc2ccccc2NC(C)=O)cc1. The molecule has 1 atom stereocenters. The van der Waals surface area contributed by atoms with Gasteiger partial charge in [-0.25, -0.2) is 0 Å². The molecule has 154 valence electrons. The highest BCUT2D eigenvalue weighted by atomic mass is 32.2. The van der Waals surface area contributed by atoms with Crippen molar-refractivity contribution in [1.29, 1.82) is 0 Å². The Kier molecular flexibility index (Phi) is 7.31. The normalized spacial score (nSPS) is 11.6. The first-order valence-corrected chi connectivity index (χ1v) is 10.6. The molecule has 0 aliphatic carbocycles. The molecule has 0 bridgehead atoms. The van der Waals surface area contributed by atoms with Crippen LogP contribution in [-0.2, 0) is 4.79 Å². The molecule has 1 unspecified atom stereocenters. The highest BCUT2D eigenvalue weighted by Gasteiger charge is 2.20. The monoisotopic (exact) mass is 419 g/mol. The molecule has 0 aliphatic rings. The van der Waals surface area contributed by atoms with Gasteiger partial charge in [0, 0.05) is 29.1 Å². The van der Waals surface area contributed by atoms with Crippen LogP contribution in [0, 0.1) is 6.92 Å². The van der Waals surface area contributed by atoms with Crippen LogP contribution < -0.4 is 10.1 Å². The molecule has 0 saturated carbocycles. The predicted molar refractivity (Wildman–Crippen MR) is 122 cm³/mol. The minimum atomic E-state index is -0.125. The van der Waals surface area contributed by atoms with Crippen LogP contribution in [0.2, 0.25) is 0 Å². The van der Waals surface area contributed by atoms with E-state index < -0.39 is 0 Å². The van der Waals surface area contributed by atoms with Crippen molar-refractivity contribution in [2.24, 2.45) is 0 Å². The van der Waals surface area contributed by atoms with Gasteiger partial charge in [0.05, 0.1) is 12.8 Å². The number of aryl methyl sites for hydroxylation is 1. The first-order chi connectivity index (χ1) is 14.5. The fraction of sp³-hybridized carbons (Fsp3) is 0.200. The summed E-state index contributed by atoms with van der Waals surface area (Å²) in [6.07, 6.45) is 0.342. The number of anilines is 1. The van der Waals surface area contributed by atoms with Crippen LogP contribution in [-0.4, -0.2) is 18.8 Å². The Labute approximate surface area is 181 Å². The van der Waals surface area contributed by atoms with Crippen molar-refractivity contribution >= 4 is 29.1 Å². The summed E-state index contributed by atoms with van der Waals surface area (Å²) < 4.78 is 5.27. The van der Waals surface area contributed by atoms with E-state index in [-0.39, 0.29) is 16.9 Å². The first-order valence-electron chi connectivity index (χ1n) is 9.73. The van der Waals surface area contributed by atoms with Crippen molar-refractivity contribution in [3.8, 4) is 5.75 Å². The van der Waals surface area contributed by atoms with Gasteiger partial charge in [-0.15, -0.1) is 11.8 Å². The maximum absolute atomic E-state index is 13.0. The van der Waals surface area contributed by atoms with Crippen LogP contribution in [0.5, 0.6) is 5.75 Å². The quantitative estimate of drug-likeness (QED) is 0.356. The highest BCUT2D eigenvalue weighted by Crippen LogP contribution is 2.42. The van der Waals surface area contributed by atoms with Crippen LogP contribution in [0.15, 0.2) is 77.7 Å². The number of rotatable bonds is 8. The summed E-state index contributed by atoms with van der Waals surface area (Å²) >= 11 is 1.57. The van der Waals surface area contributed by atoms with Gasteiger partial charge in [-0.3, -0.25) is 9.59 Å². The average molecular weight is 420 g/mol. The summed E-state index contributed by atoms with van der Waals surface area (Å²) in [6.45, 7) is 3.49. The molecule has 3 aromatic rings. The van der Waals surface area contributed by atoms with Crippen LogP contribution >= 0.6 is 11.8 Å². The lowest BCUT2D eigenvalue weighted by Gasteiger charge is -2.19. The van der Waals surface area contributed by atoms with E-state index >= 15 is 0 Å². The smallest absolute Gasteiger partial charge is 0.221 e. The Bertz CT molecular complexity index is 1010. The van der Waals surface area contributed by atoms with E-state index in [0.29, 0.717) is 12.0 Å². The number of methoxy groups -OCH3 is 1. The number of carbonyl (C=O) groups excluding carboxylic acids is 2. The zero-order valence-corrected chi connectivity index (χ0v) is 18.2. The molecule has 4 nitrogen and oxygen atoms in total. The number of Topliss-reactive ketones (excluding diaryl/α,β-unsaturated/α-hetero) is 1. The molecule has 0 radical (unpaired) electrons. The fourth-order valence-corrected chi connectivity index (χ4v) is 4.33. The maximum atomic E-state index is 13.0. The Balaban J connectivity index is 1.90. The molecule has 3 rings (SSSR count). The second-order valence-corrected chi connectivity index (χ2v) is 8.29. The topological polar surface area (TPSA) is 55.4 Å². The molecule has 0 aliphatic heterocycles. The van der Waals surface area contributed by atoms with Crippen molar-refractivity contribution in [3.63, 3.8) is 0 Å². The molecule has 0 fully saturated rings. The Morgan fingerprint density at radius 2 is 1.63 bits per heavy atom. The molecular weight excluding hydrogens is 394 g/mol. The van der Waals surface area contributed by atoms with E-state index in [4.69, 9.17) is 4.74 Å². The fourth-order valence-electron chi connectivity index (χ4n) is 3.09.